The van der Waals surface area contributed by atoms with Crippen LogP contribution in [0.25, 0.3) is 0 Å². The van der Waals surface area contributed by atoms with Gasteiger partial charge in [0.05, 0.1) is 0 Å². The van der Waals surface area contributed by atoms with Gasteiger partial charge in [-0.25, -0.2) is 0 Å². The summed E-state index contributed by atoms with van der Waals surface area (Å²) in [7, 11) is 2.09. The fourth-order valence-corrected chi connectivity index (χ4v) is 2.02. The highest BCUT2D eigenvalue weighted by Gasteiger charge is 2.33. The summed E-state index contributed by atoms with van der Waals surface area (Å²) >= 11 is 0. The van der Waals surface area contributed by atoms with Gasteiger partial charge in [0.25, 0.3) is 0 Å². The van der Waals surface area contributed by atoms with Crippen molar-refractivity contribution in [2.75, 3.05) is 13.6 Å². The first-order chi connectivity index (χ1) is 7.14. The largest absolute Gasteiger partial charge is 0.460 e. The van der Waals surface area contributed by atoms with E-state index in [-0.39, 0.29) is 11.5 Å². The third kappa shape index (κ3) is 4.97. The lowest BCUT2D eigenvalue weighted by Gasteiger charge is -2.40. The number of carbonyl (C=O) groups excluding carboxylic acids is 1. The normalized spacial score (nSPS) is 13.0. The zero-order chi connectivity index (χ0) is 13.0. The molecule has 0 aliphatic heterocycles. The average molecular weight is 229 g/mol. The zero-order valence-electron chi connectivity index (χ0n) is 11.9. The molecule has 0 saturated carbocycles. The van der Waals surface area contributed by atoms with Crippen molar-refractivity contribution >= 4 is 5.97 Å². The van der Waals surface area contributed by atoms with Crippen LogP contribution in [0.2, 0.25) is 0 Å². The Hall–Kier alpha value is -0.570. The Kier molecular flexibility index (Phi) is 5.47. The van der Waals surface area contributed by atoms with Crippen LogP contribution in [0.15, 0.2) is 0 Å². The molecule has 0 radical (unpaired) electrons. The van der Waals surface area contributed by atoms with Crippen LogP contribution in [-0.4, -0.2) is 35.6 Å². The Balaban J connectivity index is 4.50. The van der Waals surface area contributed by atoms with E-state index in [9.17, 15) is 4.79 Å². The molecule has 0 spiro atoms. The molecule has 3 nitrogen and oxygen atoms in total. The van der Waals surface area contributed by atoms with Gasteiger partial charge in [0, 0.05) is 18.4 Å². The summed E-state index contributed by atoms with van der Waals surface area (Å²) in [6, 6.07) is 0. The molecule has 0 saturated heterocycles. The number of nitrogens with zero attached hydrogens (tertiary/aromatic N) is 1. The predicted molar refractivity (Wildman–Crippen MR) is 67.5 cm³/mol. The van der Waals surface area contributed by atoms with Crippen molar-refractivity contribution in [2.45, 2.75) is 65.5 Å². The second-order valence-corrected chi connectivity index (χ2v) is 5.59. The van der Waals surface area contributed by atoms with E-state index in [0.717, 1.165) is 13.0 Å². The van der Waals surface area contributed by atoms with E-state index in [4.69, 9.17) is 4.74 Å². The van der Waals surface area contributed by atoms with E-state index in [1.165, 1.54) is 0 Å². The van der Waals surface area contributed by atoms with Crippen molar-refractivity contribution in [1.29, 1.82) is 0 Å². The van der Waals surface area contributed by atoms with Crippen molar-refractivity contribution < 1.29 is 9.53 Å². The van der Waals surface area contributed by atoms with Gasteiger partial charge in [-0.2, -0.15) is 0 Å². The fraction of sp³-hybridized carbons (Fsp3) is 0.923. The van der Waals surface area contributed by atoms with E-state index in [2.05, 4.69) is 32.7 Å². The Morgan fingerprint density at radius 1 is 1.19 bits per heavy atom. The first-order valence-electron chi connectivity index (χ1n) is 6.07. The number of carbonyl (C=O) groups is 1. The summed E-state index contributed by atoms with van der Waals surface area (Å²) in [6.45, 7) is 13.3. The molecule has 0 aliphatic carbocycles. The monoisotopic (exact) mass is 229 g/mol. The van der Waals surface area contributed by atoms with E-state index >= 15 is 0 Å². The Morgan fingerprint density at radius 2 is 1.69 bits per heavy atom. The van der Waals surface area contributed by atoms with Crippen LogP contribution in [0.3, 0.4) is 0 Å². The molecule has 0 heterocycles. The van der Waals surface area contributed by atoms with Crippen molar-refractivity contribution in [3.63, 3.8) is 0 Å². The fourth-order valence-electron chi connectivity index (χ4n) is 2.02. The van der Waals surface area contributed by atoms with Crippen LogP contribution in [0.4, 0.5) is 0 Å². The summed E-state index contributed by atoms with van der Waals surface area (Å²) in [5, 5.41) is 0. The lowest BCUT2D eigenvalue weighted by atomic mass is 9.88. The lowest BCUT2D eigenvalue weighted by Crippen LogP contribution is -2.47. The number of hydrogen-bond acceptors (Lipinski definition) is 3. The summed E-state index contributed by atoms with van der Waals surface area (Å²) in [5.41, 5.74) is -0.369. The van der Waals surface area contributed by atoms with Crippen molar-refractivity contribution in [1.82, 2.24) is 4.90 Å². The Bertz CT molecular complexity index is 234. The molecule has 0 aromatic heterocycles. The molecule has 0 unspecified atom stereocenters. The topological polar surface area (TPSA) is 29.5 Å². The number of ether oxygens (including phenoxy) is 1. The molecule has 16 heavy (non-hydrogen) atoms. The SMILES string of the molecule is CCC(=O)OC(C)(C)CC(C)(C)N(C)CC. The van der Waals surface area contributed by atoms with Gasteiger partial charge >= 0.3 is 5.97 Å². The van der Waals surface area contributed by atoms with Gasteiger partial charge < -0.3 is 9.64 Å². The summed E-state index contributed by atoms with van der Waals surface area (Å²) in [4.78, 5) is 13.6. The number of esters is 1. The minimum atomic E-state index is -0.403. The molecule has 0 N–H and O–H groups in total. The number of hydrogen-bond donors (Lipinski definition) is 0. The first kappa shape index (κ1) is 15.4. The molecule has 0 aromatic carbocycles. The van der Waals surface area contributed by atoms with E-state index < -0.39 is 5.60 Å². The van der Waals surface area contributed by atoms with Gasteiger partial charge in [-0.1, -0.05) is 13.8 Å². The molecular formula is C13H27NO2. The summed E-state index contributed by atoms with van der Waals surface area (Å²) in [6.07, 6.45) is 1.27. The zero-order valence-corrected chi connectivity index (χ0v) is 11.9. The molecule has 0 aliphatic rings. The third-order valence-electron chi connectivity index (χ3n) is 3.04. The quantitative estimate of drug-likeness (QED) is 0.656. The Morgan fingerprint density at radius 3 is 2.06 bits per heavy atom. The van der Waals surface area contributed by atoms with E-state index in [1.807, 2.05) is 20.8 Å². The minimum Gasteiger partial charge on any atom is -0.460 e. The number of rotatable bonds is 6. The molecule has 0 aromatic rings. The molecule has 0 fully saturated rings. The first-order valence-corrected chi connectivity index (χ1v) is 6.07. The van der Waals surface area contributed by atoms with Crippen LogP contribution < -0.4 is 0 Å². The summed E-state index contributed by atoms with van der Waals surface area (Å²) < 4.78 is 5.45. The maximum absolute atomic E-state index is 11.3. The van der Waals surface area contributed by atoms with Gasteiger partial charge in [0.2, 0.25) is 0 Å². The highest BCUT2D eigenvalue weighted by Crippen LogP contribution is 2.27. The van der Waals surface area contributed by atoms with Gasteiger partial charge in [-0.15, -0.1) is 0 Å². The third-order valence-corrected chi connectivity index (χ3v) is 3.04. The van der Waals surface area contributed by atoms with Gasteiger partial charge in [-0.05, 0) is 41.3 Å². The van der Waals surface area contributed by atoms with Gasteiger partial charge in [0.1, 0.15) is 5.60 Å². The summed E-state index contributed by atoms with van der Waals surface area (Å²) in [5.74, 6) is -0.125. The lowest BCUT2D eigenvalue weighted by molar-refractivity contribution is -0.159. The van der Waals surface area contributed by atoms with Crippen LogP contribution in [0, 0.1) is 0 Å². The van der Waals surface area contributed by atoms with Gasteiger partial charge in [0.15, 0.2) is 0 Å². The molecular weight excluding hydrogens is 202 g/mol. The van der Waals surface area contributed by atoms with Gasteiger partial charge in [-0.3, -0.25) is 4.79 Å². The predicted octanol–water partition coefficient (Wildman–Crippen LogP) is 2.84. The highest BCUT2D eigenvalue weighted by molar-refractivity contribution is 5.69. The second-order valence-electron chi connectivity index (χ2n) is 5.59. The molecule has 96 valence electrons. The molecule has 0 rings (SSSR count). The van der Waals surface area contributed by atoms with Crippen LogP contribution in [0.1, 0.15) is 54.4 Å². The van der Waals surface area contributed by atoms with Crippen molar-refractivity contribution in [3.8, 4) is 0 Å². The second kappa shape index (κ2) is 5.67. The van der Waals surface area contributed by atoms with E-state index in [1.54, 1.807) is 0 Å². The standard InChI is InChI=1S/C13H27NO2/c1-8-11(15)16-13(5,6)10-12(3,4)14(7)9-2/h8-10H2,1-7H3. The van der Waals surface area contributed by atoms with Crippen LogP contribution >= 0.6 is 0 Å². The average Bonchev–Trinajstić information content (AvgIpc) is 2.13. The molecule has 3 heteroatoms. The minimum absolute atomic E-state index is 0.0340. The van der Waals surface area contributed by atoms with Crippen molar-refractivity contribution in [3.05, 3.63) is 0 Å². The Labute approximate surface area is 100 Å². The van der Waals surface area contributed by atoms with Crippen LogP contribution in [0.5, 0.6) is 0 Å². The maximum atomic E-state index is 11.3. The smallest absolute Gasteiger partial charge is 0.306 e. The molecule has 0 bridgehead atoms. The van der Waals surface area contributed by atoms with E-state index in [0.29, 0.717) is 6.42 Å². The van der Waals surface area contributed by atoms with Crippen LogP contribution in [-0.2, 0) is 9.53 Å². The molecule has 0 amide bonds. The molecule has 0 atom stereocenters. The highest BCUT2D eigenvalue weighted by atomic mass is 16.6. The maximum Gasteiger partial charge on any atom is 0.306 e. The van der Waals surface area contributed by atoms with Crippen molar-refractivity contribution in [2.24, 2.45) is 0 Å².